The lowest BCUT2D eigenvalue weighted by Crippen LogP contribution is -2.04. The van der Waals surface area contributed by atoms with Crippen LogP contribution in [0.1, 0.15) is 16.7 Å². The van der Waals surface area contributed by atoms with Crippen LogP contribution in [0.3, 0.4) is 0 Å². The summed E-state index contributed by atoms with van der Waals surface area (Å²) in [4.78, 5) is 3.92. The maximum absolute atomic E-state index is 12.4. The number of halogens is 6. The third-order valence-corrected chi connectivity index (χ3v) is 2.80. The molecule has 0 bridgehead atoms. The Morgan fingerprint density at radius 3 is 1.45 bits per heavy atom. The van der Waals surface area contributed by atoms with Crippen LogP contribution in [0.5, 0.6) is 0 Å². The topological polar surface area (TPSA) is 12.4 Å². The molecule has 116 valence electrons. The zero-order valence-corrected chi connectivity index (χ0v) is 10.9. The lowest BCUT2D eigenvalue weighted by molar-refractivity contribution is -0.138. The smallest absolute Gasteiger partial charge is 0.256 e. The maximum Gasteiger partial charge on any atom is 0.416 e. The molecular weight excluding hydrogens is 308 g/mol. The van der Waals surface area contributed by atoms with Crippen molar-refractivity contribution in [1.29, 1.82) is 0 Å². The van der Waals surface area contributed by atoms with Gasteiger partial charge in [0.1, 0.15) is 0 Å². The highest BCUT2D eigenvalue weighted by atomic mass is 19.4. The first-order valence-corrected chi connectivity index (χ1v) is 6.05. The number of hydrogen-bond donors (Lipinski definition) is 0. The van der Waals surface area contributed by atoms with Crippen LogP contribution < -0.4 is 0 Å². The summed E-state index contributed by atoms with van der Waals surface area (Å²) in [7, 11) is 0. The van der Waals surface area contributed by atoms with Crippen molar-refractivity contribution in [3.63, 3.8) is 0 Å². The van der Waals surface area contributed by atoms with Gasteiger partial charge in [-0.2, -0.15) is 26.3 Å². The lowest BCUT2D eigenvalue weighted by Gasteiger charge is -2.06. The van der Waals surface area contributed by atoms with Crippen LogP contribution in [0, 0.1) is 0 Å². The van der Waals surface area contributed by atoms with E-state index in [4.69, 9.17) is 0 Å². The second kappa shape index (κ2) is 5.82. The van der Waals surface area contributed by atoms with E-state index < -0.39 is 23.5 Å². The molecule has 0 saturated heterocycles. The molecule has 0 spiro atoms. The Labute approximate surface area is 121 Å². The molecule has 0 heterocycles. The van der Waals surface area contributed by atoms with Gasteiger partial charge in [-0.05, 0) is 42.0 Å². The van der Waals surface area contributed by atoms with Gasteiger partial charge in [0.2, 0.25) is 0 Å². The van der Waals surface area contributed by atoms with Gasteiger partial charge in [-0.1, -0.05) is 12.1 Å². The fourth-order valence-electron chi connectivity index (χ4n) is 1.64. The van der Waals surface area contributed by atoms with Gasteiger partial charge in [0.15, 0.2) is 0 Å². The van der Waals surface area contributed by atoms with E-state index in [1.54, 1.807) is 0 Å². The zero-order valence-electron chi connectivity index (χ0n) is 10.9. The molecule has 0 fully saturated rings. The first-order chi connectivity index (χ1) is 10.2. The van der Waals surface area contributed by atoms with E-state index in [1.807, 2.05) is 0 Å². The molecule has 0 radical (unpaired) electrons. The van der Waals surface area contributed by atoms with E-state index in [0.29, 0.717) is 5.56 Å². The Morgan fingerprint density at radius 1 is 0.636 bits per heavy atom. The second-order valence-corrected chi connectivity index (χ2v) is 4.42. The summed E-state index contributed by atoms with van der Waals surface area (Å²) in [6.45, 7) is 0. The summed E-state index contributed by atoms with van der Waals surface area (Å²) >= 11 is 0. The van der Waals surface area contributed by atoms with Gasteiger partial charge in [0, 0.05) is 6.21 Å². The maximum atomic E-state index is 12.4. The van der Waals surface area contributed by atoms with Crippen molar-refractivity contribution in [2.45, 2.75) is 12.4 Å². The largest absolute Gasteiger partial charge is 0.416 e. The van der Waals surface area contributed by atoms with Gasteiger partial charge in [-0.3, -0.25) is 4.99 Å². The quantitative estimate of drug-likeness (QED) is 0.514. The van der Waals surface area contributed by atoms with Crippen LogP contribution in [0.15, 0.2) is 53.5 Å². The number of rotatable bonds is 2. The summed E-state index contributed by atoms with van der Waals surface area (Å²) in [5, 5.41) is 0. The van der Waals surface area contributed by atoms with Crippen molar-refractivity contribution < 1.29 is 26.3 Å². The molecule has 0 aliphatic carbocycles. The summed E-state index contributed by atoms with van der Waals surface area (Å²) in [5.41, 5.74) is -0.888. The summed E-state index contributed by atoms with van der Waals surface area (Å²) in [6.07, 6.45) is -7.55. The molecule has 2 aromatic carbocycles. The van der Waals surface area contributed by atoms with Crippen molar-refractivity contribution in [2.24, 2.45) is 4.99 Å². The fourth-order valence-corrected chi connectivity index (χ4v) is 1.64. The zero-order chi connectivity index (χ0) is 16.4. The number of benzene rings is 2. The highest BCUT2D eigenvalue weighted by Crippen LogP contribution is 2.30. The summed E-state index contributed by atoms with van der Waals surface area (Å²) in [5.74, 6) is 0. The summed E-state index contributed by atoms with van der Waals surface area (Å²) in [6, 6.07) is 8.43. The number of hydrogen-bond acceptors (Lipinski definition) is 1. The minimum absolute atomic E-state index is 0.271. The molecular formula is C15H9F6N. The van der Waals surface area contributed by atoms with Crippen molar-refractivity contribution >= 4 is 11.9 Å². The molecule has 0 aliphatic rings. The Kier molecular flexibility index (Phi) is 4.25. The minimum Gasteiger partial charge on any atom is -0.256 e. The molecule has 7 heteroatoms. The molecule has 0 aliphatic heterocycles. The Balaban J connectivity index is 2.12. The van der Waals surface area contributed by atoms with E-state index >= 15 is 0 Å². The predicted octanol–water partition coefficient (Wildman–Crippen LogP) is 5.47. The molecule has 0 N–H and O–H groups in total. The van der Waals surface area contributed by atoms with Crippen molar-refractivity contribution in [3.05, 3.63) is 65.2 Å². The molecule has 0 amide bonds. The van der Waals surface area contributed by atoms with E-state index in [-0.39, 0.29) is 5.69 Å². The predicted molar refractivity (Wildman–Crippen MR) is 70.1 cm³/mol. The molecule has 1 nitrogen and oxygen atoms in total. The van der Waals surface area contributed by atoms with Crippen LogP contribution in [-0.2, 0) is 12.4 Å². The third kappa shape index (κ3) is 4.09. The standard InChI is InChI=1S/C15H9F6N/c16-14(17,18)11-3-1-10(2-4-11)9-22-13-7-5-12(6-8-13)15(19,20)21/h1-9H. The summed E-state index contributed by atoms with van der Waals surface area (Å²) < 4.78 is 74.3. The first kappa shape index (κ1) is 16.1. The van der Waals surface area contributed by atoms with Gasteiger partial charge in [-0.25, -0.2) is 0 Å². The van der Waals surface area contributed by atoms with Crippen LogP contribution in [0.25, 0.3) is 0 Å². The number of alkyl halides is 6. The van der Waals surface area contributed by atoms with Gasteiger partial charge in [-0.15, -0.1) is 0 Å². The average Bonchev–Trinajstić information content (AvgIpc) is 2.44. The Hall–Kier alpha value is -2.31. The van der Waals surface area contributed by atoms with Gasteiger partial charge in [0.25, 0.3) is 0 Å². The lowest BCUT2D eigenvalue weighted by atomic mass is 10.1. The van der Waals surface area contributed by atoms with Crippen LogP contribution in [0.4, 0.5) is 32.0 Å². The normalized spacial score (nSPS) is 12.8. The second-order valence-electron chi connectivity index (χ2n) is 4.42. The molecule has 2 aromatic rings. The first-order valence-electron chi connectivity index (χ1n) is 6.05. The monoisotopic (exact) mass is 317 g/mol. The van der Waals surface area contributed by atoms with E-state index in [0.717, 1.165) is 24.3 Å². The molecule has 2 rings (SSSR count). The number of nitrogens with zero attached hydrogens (tertiary/aromatic N) is 1. The Bertz CT molecular complexity index is 591. The average molecular weight is 317 g/mol. The molecule has 22 heavy (non-hydrogen) atoms. The van der Waals surface area contributed by atoms with Crippen molar-refractivity contribution in [3.8, 4) is 0 Å². The van der Waals surface area contributed by atoms with Gasteiger partial charge >= 0.3 is 12.4 Å². The van der Waals surface area contributed by atoms with E-state index in [2.05, 4.69) is 4.99 Å². The highest BCUT2D eigenvalue weighted by molar-refractivity contribution is 5.81. The van der Waals surface area contributed by atoms with Crippen molar-refractivity contribution in [2.75, 3.05) is 0 Å². The highest BCUT2D eigenvalue weighted by Gasteiger charge is 2.30. The van der Waals surface area contributed by atoms with E-state index in [9.17, 15) is 26.3 Å². The van der Waals surface area contributed by atoms with Gasteiger partial charge < -0.3 is 0 Å². The Morgan fingerprint density at radius 2 is 1.05 bits per heavy atom. The molecule has 0 aromatic heterocycles. The minimum atomic E-state index is -4.42. The molecule has 0 saturated carbocycles. The third-order valence-electron chi connectivity index (χ3n) is 2.80. The molecule has 0 atom stereocenters. The van der Waals surface area contributed by atoms with Crippen LogP contribution >= 0.6 is 0 Å². The van der Waals surface area contributed by atoms with E-state index in [1.165, 1.54) is 30.5 Å². The number of aliphatic imine (C=N–C) groups is 1. The SMILES string of the molecule is FC(F)(F)c1ccc(C=Nc2ccc(C(F)(F)F)cc2)cc1. The van der Waals surface area contributed by atoms with Crippen molar-refractivity contribution in [1.82, 2.24) is 0 Å². The van der Waals surface area contributed by atoms with Gasteiger partial charge in [0.05, 0.1) is 16.8 Å². The van der Waals surface area contributed by atoms with Crippen LogP contribution in [0.2, 0.25) is 0 Å². The fraction of sp³-hybridized carbons (Fsp3) is 0.133. The molecule has 0 unspecified atom stereocenters. The van der Waals surface area contributed by atoms with Crippen LogP contribution in [-0.4, -0.2) is 6.21 Å².